The molecule has 18 heavy (non-hydrogen) atoms. The quantitative estimate of drug-likeness (QED) is 0.881. The molecule has 1 aromatic rings. The lowest BCUT2D eigenvalue weighted by atomic mass is 10.1. The Labute approximate surface area is 105 Å². The molecule has 0 spiro atoms. The smallest absolute Gasteiger partial charge is 0.308 e. The molecule has 1 N–H and O–H groups in total. The average molecular weight is 257 g/mol. The summed E-state index contributed by atoms with van der Waals surface area (Å²) in [6.07, 6.45) is 0. The van der Waals surface area contributed by atoms with Gasteiger partial charge in [-0.3, -0.25) is 4.79 Å². The normalized spacial score (nSPS) is 12.6. The first-order valence-electron chi connectivity index (χ1n) is 5.77. The number of benzene rings is 1. The molecule has 3 nitrogen and oxygen atoms in total. The van der Waals surface area contributed by atoms with Gasteiger partial charge in [-0.05, 0) is 26.0 Å². The van der Waals surface area contributed by atoms with Gasteiger partial charge in [-0.1, -0.05) is 6.92 Å². The van der Waals surface area contributed by atoms with Crippen molar-refractivity contribution >= 4 is 11.7 Å². The van der Waals surface area contributed by atoms with E-state index in [2.05, 4.69) is 0 Å². The summed E-state index contributed by atoms with van der Waals surface area (Å²) in [5.74, 6) is -3.33. The van der Waals surface area contributed by atoms with Crippen molar-refractivity contribution in [1.29, 1.82) is 0 Å². The maximum atomic E-state index is 13.2. The van der Waals surface area contributed by atoms with Crippen molar-refractivity contribution in [2.24, 2.45) is 5.92 Å². The molecule has 0 radical (unpaired) electrons. The fourth-order valence-electron chi connectivity index (χ4n) is 1.65. The maximum Gasteiger partial charge on any atom is 0.308 e. The second-order valence-corrected chi connectivity index (χ2v) is 4.58. The zero-order chi connectivity index (χ0) is 13.9. The highest BCUT2D eigenvalue weighted by atomic mass is 19.2. The van der Waals surface area contributed by atoms with Crippen molar-refractivity contribution in [3.05, 3.63) is 29.8 Å². The summed E-state index contributed by atoms with van der Waals surface area (Å²) < 4.78 is 26.0. The highest BCUT2D eigenvalue weighted by molar-refractivity contribution is 5.70. The van der Waals surface area contributed by atoms with Gasteiger partial charge < -0.3 is 10.0 Å². The van der Waals surface area contributed by atoms with E-state index in [1.807, 2.05) is 13.8 Å². The van der Waals surface area contributed by atoms with E-state index in [0.29, 0.717) is 5.69 Å². The summed E-state index contributed by atoms with van der Waals surface area (Å²) in [6.45, 7) is 5.57. The zero-order valence-electron chi connectivity index (χ0n) is 10.7. The van der Waals surface area contributed by atoms with E-state index in [9.17, 15) is 13.6 Å². The molecule has 0 amide bonds. The summed E-state index contributed by atoms with van der Waals surface area (Å²) in [5, 5.41) is 8.90. The number of halogens is 2. The first-order valence-corrected chi connectivity index (χ1v) is 5.77. The number of carboxylic acid groups (broad SMARTS) is 1. The van der Waals surface area contributed by atoms with Gasteiger partial charge in [-0.15, -0.1) is 0 Å². The predicted molar refractivity (Wildman–Crippen MR) is 65.6 cm³/mol. The summed E-state index contributed by atoms with van der Waals surface area (Å²) in [5.41, 5.74) is 0.483. The Balaban J connectivity index is 2.97. The fourth-order valence-corrected chi connectivity index (χ4v) is 1.65. The second kappa shape index (κ2) is 5.80. The first kappa shape index (κ1) is 14.4. The van der Waals surface area contributed by atoms with Gasteiger partial charge in [0.05, 0.1) is 5.92 Å². The molecule has 1 unspecified atom stereocenters. The lowest BCUT2D eigenvalue weighted by Crippen LogP contribution is -2.37. The highest BCUT2D eigenvalue weighted by Gasteiger charge is 2.19. The van der Waals surface area contributed by atoms with E-state index in [-0.39, 0.29) is 12.6 Å². The SMILES string of the molecule is CC(CN(c1ccc(F)c(F)c1)C(C)C)C(=O)O. The van der Waals surface area contributed by atoms with Crippen LogP contribution in [0.1, 0.15) is 20.8 Å². The minimum Gasteiger partial charge on any atom is -0.481 e. The number of hydrogen-bond donors (Lipinski definition) is 1. The molecule has 1 aromatic carbocycles. The molecule has 0 aliphatic carbocycles. The fraction of sp³-hybridized carbons (Fsp3) is 0.462. The monoisotopic (exact) mass is 257 g/mol. The van der Waals surface area contributed by atoms with E-state index in [1.54, 1.807) is 11.8 Å². The Morgan fingerprint density at radius 2 is 1.89 bits per heavy atom. The molecule has 0 aliphatic rings. The van der Waals surface area contributed by atoms with Gasteiger partial charge in [0.1, 0.15) is 0 Å². The summed E-state index contributed by atoms with van der Waals surface area (Å²) >= 11 is 0. The molecule has 0 fully saturated rings. The van der Waals surface area contributed by atoms with Gasteiger partial charge in [0.15, 0.2) is 11.6 Å². The third-order valence-corrected chi connectivity index (χ3v) is 2.75. The Morgan fingerprint density at radius 1 is 1.28 bits per heavy atom. The molecule has 0 heterocycles. The van der Waals surface area contributed by atoms with Crippen molar-refractivity contribution in [3.8, 4) is 0 Å². The lowest BCUT2D eigenvalue weighted by Gasteiger charge is -2.30. The average Bonchev–Trinajstić information content (AvgIpc) is 2.29. The third kappa shape index (κ3) is 3.42. The third-order valence-electron chi connectivity index (χ3n) is 2.75. The zero-order valence-corrected chi connectivity index (χ0v) is 10.7. The standard InChI is InChI=1S/C13H17F2NO2/c1-8(2)16(7-9(3)13(17)18)10-4-5-11(14)12(15)6-10/h4-6,8-9H,7H2,1-3H3,(H,17,18). The largest absolute Gasteiger partial charge is 0.481 e. The summed E-state index contributed by atoms with van der Waals surface area (Å²) in [6, 6.07) is 3.58. The topological polar surface area (TPSA) is 40.5 Å². The van der Waals surface area contributed by atoms with Crippen LogP contribution in [0.25, 0.3) is 0 Å². The van der Waals surface area contributed by atoms with E-state index < -0.39 is 23.5 Å². The van der Waals surface area contributed by atoms with E-state index >= 15 is 0 Å². The molecule has 0 aliphatic heterocycles. The van der Waals surface area contributed by atoms with Gasteiger partial charge >= 0.3 is 5.97 Å². The van der Waals surface area contributed by atoms with Crippen LogP contribution < -0.4 is 4.90 Å². The van der Waals surface area contributed by atoms with E-state index in [0.717, 1.165) is 12.1 Å². The number of carboxylic acids is 1. The van der Waals surface area contributed by atoms with Crippen molar-refractivity contribution in [2.75, 3.05) is 11.4 Å². The number of rotatable bonds is 5. The van der Waals surface area contributed by atoms with Crippen LogP contribution in [0.3, 0.4) is 0 Å². The second-order valence-electron chi connectivity index (χ2n) is 4.58. The highest BCUT2D eigenvalue weighted by Crippen LogP contribution is 2.21. The maximum absolute atomic E-state index is 13.2. The molecule has 5 heteroatoms. The van der Waals surface area contributed by atoms with Crippen LogP contribution in [0.4, 0.5) is 14.5 Å². The van der Waals surface area contributed by atoms with Gasteiger partial charge in [0.25, 0.3) is 0 Å². The summed E-state index contributed by atoms with van der Waals surface area (Å²) in [4.78, 5) is 12.6. The minimum atomic E-state index is -0.930. The van der Waals surface area contributed by atoms with Crippen LogP contribution >= 0.6 is 0 Å². The molecular weight excluding hydrogens is 240 g/mol. The lowest BCUT2D eigenvalue weighted by molar-refractivity contribution is -0.140. The van der Waals surface area contributed by atoms with Crippen molar-refractivity contribution in [2.45, 2.75) is 26.8 Å². The van der Waals surface area contributed by atoms with Crippen LogP contribution in [0.2, 0.25) is 0 Å². The molecular formula is C13H17F2NO2. The Bertz CT molecular complexity index is 435. The molecule has 1 atom stereocenters. The van der Waals surface area contributed by atoms with Crippen molar-refractivity contribution in [1.82, 2.24) is 0 Å². The molecule has 1 rings (SSSR count). The van der Waals surface area contributed by atoms with Gasteiger partial charge in [-0.25, -0.2) is 8.78 Å². The number of carbonyl (C=O) groups is 1. The molecule has 100 valence electrons. The van der Waals surface area contributed by atoms with Gasteiger partial charge in [0.2, 0.25) is 0 Å². The van der Waals surface area contributed by atoms with E-state index in [1.165, 1.54) is 6.07 Å². The van der Waals surface area contributed by atoms with Crippen LogP contribution in [0, 0.1) is 17.6 Å². The number of nitrogens with zero attached hydrogens (tertiary/aromatic N) is 1. The van der Waals surface area contributed by atoms with Crippen molar-refractivity contribution in [3.63, 3.8) is 0 Å². The Kier molecular flexibility index (Phi) is 4.64. The number of aliphatic carboxylic acids is 1. The Morgan fingerprint density at radius 3 is 2.33 bits per heavy atom. The molecule has 0 saturated heterocycles. The number of anilines is 1. The molecule has 0 bridgehead atoms. The van der Waals surface area contributed by atoms with Crippen LogP contribution in [-0.2, 0) is 4.79 Å². The van der Waals surface area contributed by atoms with Gasteiger partial charge in [0, 0.05) is 24.3 Å². The van der Waals surface area contributed by atoms with Gasteiger partial charge in [-0.2, -0.15) is 0 Å². The van der Waals surface area contributed by atoms with Crippen LogP contribution in [0.5, 0.6) is 0 Å². The van der Waals surface area contributed by atoms with E-state index in [4.69, 9.17) is 5.11 Å². The van der Waals surface area contributed by atoms with Crippen molar-refractivity contribution < 1.29 is 18.7 Å². The Hall–Kier alpha value is -1.65. The van der Waals surface area contributed by atoms with Crippen LogP contribution in [0.15, 0.2) is 18.2 Å². The molecule has 0 saturated carbocycles. The van der Waals surface area contributed by atoms with Crippen LogP contribution in [-0.4, -0.2) is 23.7 Å². The predicted octanol–water partition coefficient (Wildman–Crippen LogP) is 2.90. The molecule has 0 aromatic heterocycles. The first-order chi connectivity index (χ1) is 8.32. The summed E-state index contributed by atoms with van der Waals surface area (Å²) in [7, 11) is 0. The minimum absolute atomic E-state index is 0.00309. The number of hydrogen-bond acceptors (Lipinski definition) is 2.